The van der Waals surface area contributed by atoms with E-state index in [0.717, 1.165) is 22.6 Å². The highest BCUT2D eigenvalue weighted by Crippen LogP contribution is 2.32. The highest BCUT2D eigenvalue weighted by molar-refractivity contribution is 7.16. The van der Waals surface area contributed by atoms with Crippen molar-refractivity contribution in [3.05, 3.63) is 45.7 Å². The standard InChI is InChI=1S/C16H16N2O2S/c1-4-13-11(3)21-16(14(13)9-17)18-15(19)8-7-12-6-5-10(2)20-12/h5-8H,4H2,1-3H3,(H,18,19)/b8-7+. The minimum atomic E-state index is -0.274. The molecule has 2 aromatic rings. The van der Waals surface area contributed by atoms with Gasteiger partial charge in [-0.3, -0.25) is 4.79 Å². The van der Waals surface area contributed by atoms with Crippen LogP contribution in [0.5, 0.6) is 0 Å². The van der Waals surface area contributed by atoms with Crippen LogP contribution in [0, 0.1) is 25.2 Å². The minimum Gasteiger partial charge on any atom is -0.462 e. The molecule has 4 nitrogen and oxygen atoms in total. The van der Waals surface area contributed by atoms with Crippen molar-refractivity contribution in [1.82, 2.24) is 0 Å². The summed E-state index contributed by atoms with van der Waals surface area (Å²) in [5.74, 6) is 1.15. The van der Waals surface area contributed by atoms with Crippen molar-refractivity contribution >= 4 is 28.3 Å². The molecule has 0 aliphatic carbocycles. The Balaban J connectivity index is 2.13. The van der Waals surface area contributed by atoms with E-state index in [1.165, 1.54) is 17.4 Å². The number of carbonyl (C=O) groups is 1. The quantitative estimate of drug-likeness (QED) is 0.866. The van der Waals surface area contributed by atoms with E-state index in [0.29, 0.717) is 16.3 Å². The summed E-state index contributed by atoms with van der Waals surface area (Å²) in [6.07, 6.45) is 3.79. The van der Waals surface area contributed by atoms with Gasteiger partial charge in [-0.1, -0.05) is 6.92 Å². The van der Waals surface area contributed by atoms with Gasteiger partial charge in [-0.15, -0.1) is 11.3 Å². The third-order valence-electron chi connectivity index (χ3n) is 3.07. The van der Waals surface area contributed by atoms with E-state index < -0.39 is 0 Å². The van der Waals surface area contributed by atoms with Crippen molar-refractivity contribution in [2.45, 2.75) is 27.2 Å². The number of hydrogen-bond donors (Lipinski definition) is 1. The van der Waals surface area contributed by atoms with E-state index in [1.807, 2.05) is 26.8 Å². The number of furan rings is 1. The number of rotatable bonds is 4. The van der Waals surface area contributed by atoms with Gasteiger partial charge in [0.05, 0.1) is 5.56 Å². The van der Waals surface area contributed by atoms with Crippen LogP contribution in [0.2, 0.25) is 0 Å². The molecule has 1 amide bonds. The topological polar surface area (TPSA) is 66.0 Å². The first-order chi connectivity index (χ1) is 10.0. The first-order valence-electron chi connectivity index (χ1n) is 6.63. The molecule has 21 heavy (non-hydrogen) atoms. The zero-order valence-corrected chi connectivity index (χ0v) is 13.0. The van der Waals surface area contributed by atoms with E-state index >= 15 is 0 Å². The van der Waals surface area contributed by atoms with Crippen molar-refractivity contribution in [3.63, 3.8) is 0 Å². The predicted octanol–water partition coefficient (Wildman–Crippen LogP) is 4.04. The molecule has 2 aromatic heterocycles. The molecule has 0 saturated carbocycles. The largest absolute Gasteiger partial charge is 0.462 e. The van der Waals surface area contributed by atoms with Crippen LogP contribution in [0.4, 0.5) is 5.00 Å². The van der Waals surface area contributed by atoms with Crippen molar-refractivity contribution in [1.29, 1.82) is 5.26 Å². The SMILES string of the molecule is CCc1c(C)sc(NC(=O)/C=C/c2ccc(C)o2)c1C#N. The summed E-state index contributed by atoms with van der Waals surface area (Å²) in [6, 6.07) is 5.80. The lowest BCUT2D eigenvalue weighted by Gasteiger charge is -1.99. The fourth-order valence-corrected chi connectivity index (χ4v) is 3.16. The number of nitrogens with one attached hydrogen (secondary N) is 1. The Hall–Kier alpha value is -2.32. The molecule has 0 aliphatic heterocycles. The molecule has 108 valence electrons. The summed E-state index contributed by atoms with van der Waals surface area (Å²) in [5, 5.41) is 12.6. The number of anilines is 1. The Morgan fingerprint density at radius 1 is 1.48 bits per heavy atom. The van der Waals surface area contributed by atoms with Crippen molar-refractivity contribution in [3.8, 4) is 6.07 Å². The number of aryl methyl sites for hydroxylation is 2. The molecule has 0 aromatic carbocycles. The first kappa shape index (κ1) is 15.1. The van der Waals surface area contributed by atoms with Crippen LogP contribution in [-0.4, -0.2) is 5.91 Å². The molecule has 1 N–H and O–H groups in total. The summed E-state index contributed by atoms with van der Waals surface area (Å²) in [7, 11) is 0. The minimum absolute atomic E-state index is 0.274. The second-order valence-electron chi connectivity index (χ2n) is 4.58. The van der Waals surface area contributed by atoms with Gasteiger partial charge in [-0.05, 0) is 44.0 Å². The molecule has 0 radical (unpaired) electrons. The molecule has 2 rings (SSSR count). The van der Waals surface area contributed by atoms with Crippen LogP contribution in [0.1, 0.15) is 34.4 Å². The van der Waals surface area contributed by atoms with Gasteiger partial charge >= 0.3 is 0 Å². The molecular weight excluding hydrogens is 284 g/mol. The highest BCUT2D eigenvalue weighted by Gasteiger charge is 2.15. The second-order valence-corrected chi connectivity index (χ2v) is 5.80. The van der Waals surface area contributed by atoms with E-state index in [4.69, 9.17) is 4.42 Å². The van der Waals surface area contributed by atoms with E-state index in [1.54, 1.807) is 12.1 Å². The number of thiophene rings is 1. The Morgan fingerprint density at radius 2 is 2.24 bits per heavy atom. The lowest BCUT2D eigenvalue weighted by Crippen LogP contribution is -2.07. The molecule has 2 heterocycles. The molecule has 0 saturated heterocycles. The van der Waals surface area contributed by atoms with Gasteiger partial charge in [-0.2, -0.15) is 5.26 Å². The molecule has 0 atom stereocenters. The third kappa shape index (κ3) is 3.41. The van der Waals surface area contributed by atoms with E-state index in [9.17, 15) is 10.1 Å². The van der Waals surface area contributed by atoms with Crippen LogP contribution < -0.4 is 5.32 Å². The Bertz CT molecular complexity index is 732. The van der Waals surface area contributed by atoms with Crippen LogP contribution >= 0.6 is 11.3 Å². The van der Waals surface area contributed by atoms with Gasteiger partial charge < -0.3 is 9.73 Å². The average molecular weight is 300 g/mol. The summed E-state index contributed by atoms with van der Waals surface area (Å²) in [6.45, 7) is 5.80. The molecule has 0 bridgehead atoms. The van der Waals surface area contributed by atoms with Crippen LogP contribution in [0.3, 0.4) is 0 Å². The average Bonchev–Trinajstić information content (AvgIpc) is 2.99. The molecule has 0 unspecified atom stereocenters. The highest BCUT2D eigenvalue weighted by atomic mass is 32.1. The molecular formula is C16H16N2O2S. The van der Waals surface area contributed by atoms with Gasteiger partial charge in [0.15, 0.2) is 0 Å². The van der Waals surface area contributed by atoms with E-state index in [-0.39, 0.29) is 5.91 Å². The first-order valence-corrected chi connectivity index (χ1v) is 7.44. The Labute approximate surface area is 127 Å². The fraction of sp³-hybridized carbons (Fsp3) is 0.250. The van der Waals surface area contributed by atoms with Gasteiger partial charge in [0.25, 0.3) is 0 Å². The van der Waals surface area contributed by atoms with Gasteiger partial charge in [0.1, 0.15) is 22.6 Å². The molecule has 5 heteroatoms. The maximum absolute atomic E-state index is 11.9. The summed E-state index contributed by atoms with van der Waals surface area (Å²) in [5.41, 5.74) is 1.57. The summed E-state index contributed by atoms with van der Waals surface area (Å²) >= 11 is 1.43. The lowest BCUT2D eigenvalue weighted by molar-refractivity contribution is -0.111. The van der Waals surface area contributed by atoms with Gasteiger partial charge in [0, 0.05) is 11.0 Å². The van der Waals surface area contributed by atoms with Gasteiger partial charge in [-0.25, -0.2) is 0 Å². The predicted molar refractivity (Wildman–Crippen MR) is 84.3 cm³/mol. The Morgan fingerprint density at radius 3 is 2.81 bits per heavy atom. The summed E-state index contributed by atoms with van der Waals surface area (Å²) in [4.78, 5) is 13.0. The van der Waals surface area contributed by atoms with E-state index in [2.05, 4.69) is 11.4 Å². The van der Waals surface area contributed by atoms with Crippen molar-refractivity contribution < 1.29 is 9.21 Å². The smallest absolute Gasteiger partial charge is 0.249 e. The Kier molecular flexibility index (Phi) is 4.61. The second kappa shape index (κ2) is 6.42. The number of nitrogens with zero attached hydrogens (tertiary/aromatic N) is 1. The number of hydrogen-bond acceptors (Lipinski definition) is 4. The molecule has 0 spiro atoms. The molecule has 0 aliphatic rings. The zero-order chi connectivity index (χ0) is 15.4. The van der Waals surface area contributed by atoms with Crippen LogP contribution in [0.25, 0.3) is 6.08 Å². The number of nitriles is 1. The van der Waals surface area contributed by atoms with Crippen molar-refractivity contribution in [2.24, 2.45) is 0 Å². The normalized spacial score (nSPS) is 10.8. The number of amides is 1. The number of carbonyl (C=O) groups excluding carboxylic acids is 1. The fourth-order valence-electron chi connectivity index (χ4n) is 2.07. The molecule has 0 fully saturated rings. The maximum Gasteiger partial charge on any atom is 0.249 e. The van der Waals surface area contributed by atoms with Gasteiger partial charge in [0.2, 0.25) is 5.91 Å². The summed E-state index contributed by atoms with van der Waals surface area (Å²) < 4.78 is 5.35. The monoisotopic (exact) mass is 300 g/mol. The third-order valence-corrected chi connectivity index (χ3v) is 4.13. The van der Waals surface area contributed by atoms with Crippen molar-refractivity contribution in [2.75, 3.05) is 5.32 Å². The lowest BCUT2D eigenvalue weighted by atomic mass is 10.1. The van der Waals surface area contributed by atoms with Crippen LogP contribution in [-0.2, 0) is 11.2 Å². The maximum atomic E-state index is 11.9. The van der Waals surface area contributed by atoms with Crippen LogP contribution in [0.15, 0.2) is 22.6 Å². The zero-order valence-electron chi connectivity index (χ0n) is 12.2.